The van der Waals surface area contributed by atoms with E-state index in [1.54, 1.807) is 0 Å². The first-order valence-corrected chi connectivity index (χ1v) is 4.42. The van der Waals surface area contributed by atoms with Gasteiger partial charge in [-0.25, -0.2) is 0 Å². The lowest BCUT2D eigenvalue weighted by Gasteiger charge is -1.96. The molecule has 0 aliphatic carbocycles. The summed E-state index contributed by atoms with van der Waals surface area (Å²) in [4.78, 5) is 19.5. The van der Waals surface area contributed by atoms with Gasteiger partial charge in [0.1, 0.15) is 5.56 Å². The summed E-state index contributed by atoms with van der Waals surface area (Å²) in [6.07, 6.45) is 0. The van der Waals surface area contributed by atoms with Crippen molar-refractivity contribution in [2.24, 2.45) is 0 Å². The normalized spacial score (nSPS) is 8.73. The molecule has 0 aromatic heterocycles. The highest BCUT2D eigenvalue weighted by atomic mass is 16.6. The molecule has 1 aromatic rings. The lowest BCUT2D eigenvalue weighted by Crippen LogP contribution is -1.96. The van der Waals surface area contributed by atoms with Crippen molar-refractivity contribution < 1.29 is 9.85 Å². The molecule has 0 aliphatic heterocycles. The van der Waals surface area contributed by atoms with Crippen molar-refractivity contribution in [3.63, 3.8) is 0 Å². The third kappa shape index (κ3) is 3.01. The number of rotatable bonds is 2. The van der Waals surface area contributed by atoms with E-state index in [9.17, 15) is 20.2 Å². The van der Waals surface area contributed by atoms with Gasteiger partial charge in [0.05, 0.1) is 9.85 Å². The van der Waals surface area contributed by atoms with Crippen LogP contribution in [0, 0.1) is 27.2 Å². The molecule has 0 spiro atoms. The van der Waals surface area contributed by atoms with Crippen LogP contribution in [-0.4, -0.2) is 9.85 Å². The molecular weight excluding hydrogens is 200 g/mol. The topological polar surface area (TPSA) is 86.3 Å². The number of hydrogen-bond donors (Lipinski definition) is 0. The van der Waals surface area contributed by atoms with Gasteiger partial charge in [0.15, 0.2) is 0 Å². The van der Waals surface area contributed by atoms with Crippen LogP contribution in [0.2, 0.25) is 0 Å². The standard InChI is InChI=1S/C7H6N2O4.C2H6/c1-5-6(8(10)11)3-2-4-7(5)9(12)13;1-2/h2-4H,1H3;1-2H3. The van der Waals surface area contributed by atoms with Crippen LogP contribution in [0.15, 0.2) is 18.2 Å². The van der Waals surface area contributed by atoms with E-state index in [0.29, 0.717) is 0 Å². The second-order valence-electron chi connectivity index (χ2n) is 2.44. The van der Waals surface area contributed by atoms with Crippen molar-refractivity contribution in [1.29, 1.82) is 0 Å². The smallest absolute Gasteiger partial charge is 0.258 e. The van der Waals surface area contributed by atoms with E-state index in [4.69, 9.17) is 0 Å². The molecule has 6 heteroatoms. The highest BCUT2D eigenvalue weighted by Crippen LogP contribution is 2.26. The molecule has 0 amide bonds. The summed E-state index contributed by atoms with van der Waals surface area (Å²) in [5, 5.41) is 20.8. The largest absolute Gasteiger partial charge is 0.279 e. The quantitative estimate of drug-likeness (QED) is 0.557. The van der Waals surface area contributed by atoms with Crippen molar-refractivity contribution in [3.05, 3.63) is 44.0 Å². The summed E-state index contributed by atoms with van der Waals surface area (Å²) in [6.45, 7) is 5.36. The highest BCUT2D eigenvalue weighted by Gasteiger charge is 2.19. The highest BCUT2D eigenvalue weighted by molar-refractivity contribution is 5.52. The van der Waals surface area contributed by atoms with E-state index in [0.717, 1.165) is 0 Å². The number of nitrogens with zero attached hydrogens (tertiary/aromatic N) is 2. The van der Waals surface area contributed by atoms with Gasteiger partial charge in [-0.05, 0) is 13.0 Å². The van der Waals surface area contributed by atoms with Crippen LogP contribution < -0.4 is 0 Å². The van der Waals surface area contributed by atoms with E-state index in [2.05, 4.69) is 0 Å². The van der Waals surface area contributed by atoms with Gasteiger partial charge < -0.3 is 0 Å². The van der Waals surface area contributed by atoms with Crippen LogP contribution in [0.1, 0.15) is 19.4 Å². The third-order valence-electron chi connectivity index (χ3n) is 1.67. The fourth-order valence-electron chi connectivity index (χ4n) is 1.01. The molecular formula is C9H12N2O4. The molecule has 0 saturated heterocycles. The SMILES string of the molecule is CC.Cc1c([N+](=O)[O-])cccc1[N+](=O)[O-]. The van der Waals surface area contributed by atoms with Crippen molar-refractivity contribution in [1.82, 2.24) is 0 Å². The Morgan fingerprint density at radius 3 is 1.60 bits per heavy atom. The molecule has 6 nitrogen and oxygen atoms in total. The van der Waals surface area contributed by atoms with Crippen molar-refractivity contribution in [2.45, 2.75) is 20.8 Å². The molecule has 1 rings (SSSR count). The summed E-state index contributed by atoms with van der Waals surface area (Å²) >= 11 is 0. The Morgan fingerprint density at radius 2 is 1.33 bits per heavy atom. The van der Waals surface area contributed by atoms with Gasteiger partial charge in [-0.15, -0.1) is 0 Å². The first kappa shape index (κ1) is 13.0. The second-order valence-corrected chi connectivity index (χ2v) is 2.44. The van der Waals surface area contributed by atoms with Gasteiger partial charge in [-0.3, -0.25) is 20.2 Å². The Morgan fingerprint density at radius 1 is 1.00 bits per heavy atom. The predicted octanol–water partition coefficient (Wildman–Crippen LogP) is 2.84. The fraction of sp³-hybridized carbons (Fsp3) is 0.333. The van der Waals surface area contributed by atoms with E-state index in [1.807, 2.05) is 13.8 Å². The molecule has 0 heterocycles. The number of benzene rings is 1. The lowest BCUT2D eigenvalue weighted by atomic mass is 10.1. The maximum Gasteiger partial charge on any atom is 0.279 e. The van der Waals surface area contributed by atoms with E-state index in [1.165, 1.54) is 25.1 Å². The first-order valence-electron chi connectivity index (χ1n) is 4.42. The predicted molar refractivity (Wildman–Crippen MR) is 55.8 cm³/mol. The Bertz CT molecular complexity index is 344. The van der Waals surface area contributed by atoms with Crippen LogP contribution in [0.25, 0.3) is 0 Å². The van der Waals surface area contributed by atoms with Crippen LogP contribution in [0.4, 0.5) is 11.4 Å². The summed E-state index contributed by atoms with van der Waals surface area (Å²) in [7, 11) is 0. The van der Waals surface area contributed by atoms with Crippen molar-refractivity contribution in [2.75, 3.05) is 0 Å². The molecule has 15 heavy (non-hydrogen) atoms. The van der Waals surface area contributed by atoms with Gasteiger partial charge in [0.2, 0.25) is 0 Å². The van der Waals surface area contributed by atoms with Gasteiger partial charge in [0, 0.05) is 12.1 Å². The molecule has 1 aromatic carbocycles. The summed E-state index contributed by atoms with van der Waals surface area (Å²) < 4.78 is 0. The van der Waals surface area contributed by atoms with Crippen LogP contribution in [0.5, 0.6) is 0 Å². The Kier molecular flexibility index (Phi) is 4.94. The van der Waals surface area contributed by atoms with E-state index < -0.39 is 9.85 Å². The monoisotopic (exact) mass is 212 g/mol. The summed E-state index contributed by atoms with van der Waals surface area (Å²) in [5.74, 6) is 0. The molecule has 0 saturated carbocycles. The van der Waals surface area contributed by atoms with Crippen LogP contribution in [0.3, 0.4) is 0 Å². The zero-order valence-corrected chi connectivity index (χ0v) is 8.76. The van der Waals surface area contributed by atoms with Crippen LogP contribution >= 0.6 is 0 Å². The first-order chi connectivity index (χ1) is 7.04. The zero-order valence-electron chi connectivity index (χ0n) is 8.76. The number of nitro groups is 2. The number of nitro benzene ring substituents is 2. The summed E-state index contributed by atoms with van der Waals surface area (Å²) in [6, 6.07) is 3.77. The Hall–Kier alpha value is -1.98. The Balaban J connectivity index is 0.000000921. The zero-order chi connectivity index (χ0) is 12.0. The molecule has 0 aliphatic rings. The van der Waals surface area contributed by atoms with Gasteiger partial charge >= 0.3 is 0 Å². The minimum Gasteiger partial charge on any atom is -0.258 e. The molecule has 0 fully saturated rings. The molecule has 0 atom stereocenters. The molecule has 0 N–H and O–H groups in total. The second kappa shape index (κ2) is 5.69. The molecule has 0 unspecified atom stereocenters. The van der Waals surface area contributed by atoms with E-state index >= 15 is 0 Å². The van der Waals surface area contributed by atoms with Crippen molar-refractivity contribution in [3.8, 4) is 0 Å². The maximum absolute atomic E-state index is 10.4. The van der Waals surface area contributed by atoms with Gasteiger partial charge in [0.25, 0.3) is 11.4 Å². The number of hydrogen-bond acceptors (Lipinski definition) is 4. The van der Waals surface area contributed by atoms with Gasteiger partial charge in [-0.1, -0.05) is 13.8 Å². The van der Waals surface area contributed by atoms with Crippen LogP contribution in [-0.2, 0) is 0 Å². The molecule has 82 valence electrons. The minimum atomic E-state index is -0.637. The summed E-state index contributed by atoms with van der Waals surface area (Å²) in [5.41, 5.74) is -0.374. The lowest BCUT2D eigenvalue weighted by molar-refractivity contribution is -0.395. The average Bonchev–Trinajstić information content (AvgIpc) is 2.20. The van der Waals surface area contributed by atoms with Gasteiger partial charge in [-0.2, -0.15) is 0 Å². The average molecular weight is 212 g/mol. The molecule has 0 bridgehead atoms. The van der Waals surface area contributed by atoms with E-state index in [-0.39, 0.29) is 16.9 Å². The Labute approximate surface area is 86.8 Å². The third-order valence-corrected chi connectivity index (χ3v) is 1.67. The van der Waals surface area contributed by atoms with Crippen molar-refractivity contribution >= 4 is 11.4 Å². The molecule has 0 radical (unpaired) electrons. The fourth-order valence-corrected chi connectivity index (χ4v) is 1.01. The minimum absolute atomic E-state index is 0.0810. The maximum atomic E-state index is 10.4.